The summed E-state index contributed by atoms with van der Waals surface area (Å²) in [5.41, 5.74) is 8.59. The average Bonchev–Trinajstić information content (AvgIpc) is 3.22. The summed E-state index contributed by atoms with van der Waals surface area (Å²) in [5.74, 6) is 0.239. The first-order valence-electron chi connectivity index (χ1n) is 9.72. The molecule has 9 heteroatoms. The van der Waals surface area contributed by atoms with Crippen LogP contribution in [0, 0.1) is 17.0 Å². The zero-order valence-corrected chi connectivity index (χ0v) is 18.0. The number of primary amides is 1. The Morgan fingerprint density at radius 3 is 2.44 bits per heavy atom. The van der Waals surface area contributed by atoms with E-state index < -0.39 is 10.8 Å². The number of nitrogens with zero attached hydrogens (tertiary/aromatic N) is 4. The van der Waals surface area contributed by atoms with E-state index in [0.29, 0.717) is 16.5 Å². The van der Waals surface area contributed by atoms with Crippen LogP contribution in [0.25, 0.3) is 17.1 Å². The van der Waals surface area contributed by atoms with Crippen LogP contribution in [0.5, 0.6) is 0 Å². The maximum atomic E-state index is 11.5. The van der Waals surface area contributed by atoms with Crippen molar-refractivity contribution in [2.75, 3.05) is 0 Å². The third-order valence-corrected chi connectivity index (χ3v) is 5.86. The van der Waals surface area contributed by atoms with Gasteiger partial charge in [-0.15, -0.1) is 10.2 Å². The molecule has 0 atom stereocenters. The van der Waals surface area contributed by atoms with Gasteiger partial charge in [0.1, 0.15) is 0 Å². The Morgan fingerprint density at radius 1 is 1.06 bits per heavy atom. The van der Waals surface area contributed by atoms with E-state index in [4.69, 9.17) is 5.73 Å². The highest BCUT2D eigenvalue weighted by Gasteiger charge is 2.20. The number of hydrogen-bond acceptors (Lipinski definition) is 6. The largest absolute Gasteiger partial charge is 0.366 e. The van der Waals surface area contributed by atoms with Crippen LogP contribution in [0.4, 0.5) is 5.69 Å². The van der Waals surface area contributed by atoms with Gasteiger partial charge in [0.15, 0.2) is 11.0 Å². The summed E-state index contributed by atoms with van der Waals surface area (Å²) in [6.45, 7) is 2.01. The Balaban J connectivity index is 1.72. The van der Waals surface area contributed by atoms with Crippen molar-refractivity contribution in [3.63, 3.8) is 0 Å². The van der Waals surface area contributed by atoms with Crippen LogP contribution < -0.4 is 5.73 Å². The minimum atomic E-state index is -0.709. The number of carbonyl (C=O) groups is 1. The van der Waals surface area contributed by atoms with E-state index in [-0.39, 0.29) is 17.0 Å². The molecular weight excluding hydrogens is 426 g/mol. The van der Waals surface area contributed by atoms with Crippen molar-refractivity contribution in [2.24, 2.45) is 5.73 Å². The summed E-state index contributed by atoms with van der Waals surface area (Å²) < 4.78 is 1.93. The SMILES string of the molecule is Cc1ccc(-n2c(SCc3ccc(C(N)=O)cc3[N+](=O)[O-])nnc2-c2ccccc2)cc1. The van der Waals surface area contributed by atoms with Gasteiger partial charge in [-0.25, -0.2) is 0 Å². The molecule has 1 heterocycles. The number of nitro groups is 1. The van der Waals surface area contributed by atoms with Crippen molar-refractivity contribution in [3.05, 3.63) is 99.6 Å². The number of nitro benzene ring substituents is 1. The van der Waals surface area contributed by atoms with Crippen LogP contribution in [0.15, 0.2) is 78.0 Å². The minimum Gasteiger partial charge on any atom is -0.366 e. The molecule has 32 heavy (non-hydrogen) atoms. The van der Waals surface area contributed by atoms with Crippen molar-refractivity contribution in [1.29, 1.82) is 0 Å². The van der Waals surface area contributed by atoms with E-state index in [1.807, 2.05) is 66.1 Å². The second kappa shape index (κ2) is 9.03. The van der Waals surface area contributed by atoms with Crippen LogP contribution in [-0.4, -0.2) is 25.6 Å². The number of carbonyl (C=O) groups excluding carboxylic acids is 1. The molecule has 0 saturated carbocycles. The molecule has 2 N–H and O–H groups in total. The highest BCUT2D eigenvalue weighted by atomic mass is 32.2. The lowest BCUT2D eigenvalue weighted by molar-refractivity contribution is -0.385. The number of benzene rings is 3. The maximum absolute atomic E-state index is 11.5. The third kappa shape index (κ3) is 4.37. The van der Waals surface area contributed by atoms with E-state index in [1.165, 1.54) is 23.9 Å². The molecule has 8 nitrogen and oxygen atoms in total. The van der Waals surface area contributed by atoms with Crippen LogP contribution in [-0.2, 0) is 5.75 Å². The second-order valence-corrected chi connectivity index (χ2v) is 8.04. The molecule has 0 aliphatic carbocycles. The predicted octanol–water partition coefficient (Wildman–Crippen LogP) is 4.54. The van der Waals surface area contributed by atoms with Crippen molar-refractivity contribution in [2.45, 2.75) is 17.8 Å². The maximum Gasteiger partial charge on any atom is 0.274 e. The van der Waals surface area contributed by atoms with Crippen LogP contribution in [0.3, 0.4) is 0 Å². The third-order valence-electron chi connectivity index (χ3n) is 4.88. The van der Waals surface area contributed by atoms with E-state index in [2.05, 4.69) is 10.2 Å². The molecule has 0 aliphatic heterocycles. The Hall–Kier alpha value is -3.98. The summed E-state index contributed by atoms with van der Waals surface area (Å²) in [5, 5.41) is 20.9. The molecule has 0 bridgehead atoms. The number of hydrogen-bond donors (Lipinski definition) is 1. The quantitative estimate of drug-likeness (QED) is 0.253. The fourth-order valence-electron chi connectivity index (χ4n) is 3.22. The molecule has 3 aromatic carbocycles. The minimum absolute atomic E-state index is 0.0969. The van der Waals surface area contributed by atoms with Gasteiger partial charge in [0.05, 0.1) is 4.92 Å². The van der Waals surface area contributed by atoms with E-state index >= 15 is 0 Å². The highest BCUT2D eigenvalue weighted by Crippen LogP contribution is 2.32. The van der Waals surface area contributed by atoms with Gasteiger partial charge >= 0.3 is 0 Å². The summed E-state index contributed by atoms with van der Waals surface area (Å²) >= 11 is 1.33. The topological polar surface area (TPSA) is 117 Å². The monoisotopic (exact) mass is 445 g/mol. The normalized spacial score (nSPS) is 10.8. The molecule has 0 spiro atoms. The van der Waals surface area contributed by atoms with Gasteiger partial charge in [0, 0.05) is 34.2 Å². The Morgan fingerprint density at radius 2 is 1.78 bits per heavy atom. The molecule has 0 fully saturated rings. The van der Waals surface area contributed by atoms with Crippen molar-refractivity contribution in [1.82, 2.24) is 14.8 Å². The first-order valence-corrected chi connectivity index (χ1v) is 10.7. The number of aryl methyl sites for hydroxylation is 1. The van der Waals surface area contributed by atoms with Crippen molar-refractivity contribution in [3.8, 4) is 17.1 Å². The first-order chi connectivity index (χ1) is 15.4. The smallest absolute Gasteiger partial charge is 0.274 e. The highest BCUT2D eigenvalue weighted by molar-refractivity contribution is 7.98. The Kier molecular flexibility index (Phi) is 6.00. The van der Waals surface area contributed by atoms with Gasteiger partial charge in [-0.2, -0.15) is 0 Å². The summed E-state index contributed by atoms with van der Waals surface area (Å²) in [6.07, 6.45) is 0. The molecule has 0 saturated heterocycles. The average molecular weight is 446 g/mol. The molecule has 0 unspecified atom stereocenters. The standard InChI is InChI=1S/C23H19N5O3S/c1-15-7-11-19(12-8-15)27-22(16-5-3-2-4-6-16)25-26-23(27)32-14-18-10-9-17(21(24)29)13-20(18)28(30)31/h2-13H,14H2,1H3,(H2,24,29). The lowest BCUT2D eigenvalue weighted by atomic mass is 10.1. The van der Waals surface area contributed by atoms with E-state index in [9.17, 15) is 14.9 Å². The molecular formula is C23H19N5O3S. The molecule has 1 aromatic heterocycles. The lowest BCUT2D eigenvalue weighted by Crippen LogP contribution is -2.11. The zero-order chi connectivity index (χ0) is 22.7. The molecule has 4 rings (SSSR count). The van der Waals surface area contributed by atoms with Gasteiger partial charge in [-0.05, 0) is 25.1 Å². The number of rotatable bonds is 7. The number of amides is 1. The number of aromatic nitrogens is 3. The zero-order valence-electron chi connectivity index (χ0n) is 17.1. The van der Waals surface area contributed by atoms with Crippen LogP contribution in [0.2, 0.25) is 0 Å². The Labute approximate surface area is 188 Å². The summed E-state index contributed by atoms with van der Waals surface area (Å²) in [7, 11) is 0. The van der Waals surface area contributed by atoms with Crippen molar-refractivity contribution < 1.29 is 9.72 Å². The number of thioether (sulfide) groups is 1. The summed E-state index contributed by atoms with van der Waals surface area (Å²) in [6, 6.07) is 21.9. The molecule has 160 valence electrons. The number of nitrogens with two attached hydrogens (primary N) is 1. The van der Waals surface area contributed by atoms with E-state index in [0.717, 1.165) is 16.8 Å². The fourth-order valence-corrected chi connectivity index (χ4v) is 4.16. The molecule has 1 amide bonds. The molecule has 4 aromatic rings. The first kappa shape index (κ1) is 21.3. The second-order valence-electron chi connectivity index (χ2n) is 7.10. The van der Waals surface area contributed by atoms with Gasteiger partial charge in [-0.1, -0.05) is 65.9 Å². The van der Waals surface area contributed by atoms with Crippen LogP contribution >= 0.6 is 11.8 Å². The van der Waals surface area contributed by atoms with Crippen molar-refractivity contribution >= 4 is 23.4 Å². The van der Waals surface area contributed by atoms with Gasteiger partial charge in [-0.3, -0.25) is 19.5 Å². The molecule has 0 radical (unpaired) electrons. The predicted molar refractivity (Wildman–Crippen MR) is 123 cm³/mol. The van der Waals surface area contributed by atoms with Gasteiger partial charge in [0.2, 0.25) is 5.91 Å². The summed E-state index contributed by atoms with van der Waals surface area (Å²) in [4.78, 5) is 22.4. The van der Waals surface area contributed by atoms with Gasteiger partial charge < -0.3 is 5.73 Å². The fraction of sp³-hybridized carbons (Fsp3) is 0.0870. The van der Waals surface area contributed by atoms with Crippen LogP contribution in [0.1, 0.15) is 21.5 Å². The van der Waals surface area contributed by atoms with E-state index in [1.54, 1.807) is 6.07 Å². The van der Waals surface area contributed by atoms with Gasteiger partial charge in [0.25, 0.3) is 5.69 Å². The molecule has 0 aliphatic rings. The lowest BCUT2D eigenvalue weighted by Gasteiger charge is -2.11. The Bertz CT molecular complexity index is 1290.